The number of ketones is 1. The van der Waals surface area contributed by atoms with Crippen molar-refractivity contribution in [2.45, 2.75) is 37.1 Å². The minimum Gasteiger partial charge on any atom is -0.394 e. The van der Waals surface area contributed by atoms with E-state index in [4.69, 9.17) is 14.6 Å². The second-order valence-corrected chi connectivity index (χ2v) is 5.21. The van der Waals surface area contributed by atoms with Gasteiger partial charge in [-0.3, -0.25) is 4.79 Å². The second kappa shape index (κ2) is 7.77. The number of carbonyl (C=O) groups is 1. The Hall–Kier alpha value is -1.35. The summed E-state index contributed by atoms with van der Waals surface area (Å²) in [4.78, 5) is 11.8. The minimum atomic E-state index is -1.51. The third-order valence-corrected chi connectivity index (χ3v) is 3.50. The summed E-state index contributed by atoms with van der Waals surface area (Å²) in [5, 5.41) is 38.1. The van der Waals surface area contributed by atoms with Gasteiger partial charge in [-0.15, -0.1) is 0 Å². The van der Waals surface area contributed by atoms with E-state index in [2.05, 4.69) is 0 Å². The Morgan fingerprint density at radius 2 is 1.77 bits per heavy atom. The van der Waals surface area contributed by atoms with Crippen molar-refractivity contribution in [2.75, 3.05) is 13.2 Å². The van der Waals surface area contributed by atoms with Crippen molar-refractivity contribution in [3.8, 4) is 0 Å². The largest absolute Gasteiger partial charge is 0.394 e. The van der Waals surface area contributed by atoms with Gasteiger partial charge >= 0.3 is 0 Å². The first-order chi connectivity index (χ1) is 10.5. The molecule has 7 nitrogen and oxygen atoms in total. The summed E-state index contributed by atoms with van der Waals surface area (Å²) in [6.45, 7) is -0.847. The molecule has 0 bridgehead atoms. The fraction of sp³-hybridized carbons (Fsp3) is 0.533. The zero-order valence-corrected chi connectivity index (χ0v) is 11.9. The Kier molecular flexibility index (Phi) is 6.01. The summed E-state index contributed by atoms with van der Waals surface area (Å²) in [6.07, 6.45) is -6.61. The van der Waals surface area contributed by atoms with Crippen molar-refractivity contribution in [1.29, 1.82) is 0 Å². The highest BCUT2D eigenvalue weighted by Crippen LogP contribution is 2.21. The van der Waals surface area contributed by atoms with Crippen molar-refractivity contribution in [1.82, 2.24) is 0 Å². The molecular weight excluding hydrogens is 292 g/mol. The van der Waals surface area contributed by atoms with Crippen LogP contribution in [0.3, 0.4) is 0 Å². The number of rotatable bonds is 6. The predicted octanol–water partition coefficient (Wildman–Crippen LogP) is -1.39. The summed E-state index contributed by atoms with van der Waals surface area (Å²) in [6, 6.07) is 9.11. The topological polar surface area (TPSA) is 116 Å². The van der Waals surface area contributed by atoms with Crippen LogP contribution >= 0.6 is 0 Å². The van der Waals surface area contributed by atoms with Gasteiger partial charge in [0.05, 0.1) is 6.61 Å². The van der Waals surface area contributed by atoms with Crippen LogP contribution in [0.15, 0.2) is 30.3 Å². The van der Waals surface area contributed by atoms with E-state index >= 15 is 0 Å². The van der Waals surface area contributed by atoms with Crippen molar-refractivity contribution in [2.24, 2.45) is 0 Å². The molecule has 122 valence electrons. The molecule has 1 fully saturated rings. The minimum absolute atomic E-state index is 0.179. The van der Waals surface area contributed by atoms with Crippen LogP contribution in [0.2, 0.25) is 0 Å². The van der Waals surface area contributed by atoms with E-state index in [0.717, 1.165) is 5.56 Å². The highest BCUT2D eigenvalue weighted by molar-refractivity contribution is 5.82. The quantitative estimate of drug-likeness (QED) is 0.511. The molecule has 0 radical (unpaired) electrons. The third kappa shape index (κ3) is 4.10. The number of hydrogen-bond acceptors (Lipinski definition) is 7. The van der Waals surface area contributed by atoms with Crippen LogP contribution in [0.5, 0.6) is 0 Å². The zero-order chi connectivity index (χ0) is 16.1. The molecule has 1 saturated heterocycles. The number of carbonyl (C=O) groups excluding carboxylic acids is 1. The molecule has 0 amide bonds. The Morgan fingerprint density at radius 1 is 1.09 bits per heavy atom. The van der Waals surface area contributed by atoms with Crippen molar-refractivity contribution < 1.29 is 34.7 Å². The van der Waals surface area contributed by atoms with Crippen molar-refractivity contribution in [3.05, 3.63) is 35.9 Å². The van der Waals surface area contributed by atoms with E-state index in [9.17, 15) is 20.1 Å². The number of benzene rings is 1. The first-order valence-electron chi connectivity index (χ1n) is 7.00. The molecule has 0 spiro atoms. The number of aliphatic hydroxyl groups excluding tert-OH is 4. The van der Waals surface area contributed by atoms with Crippen molar-refractivity contribution >= 4 is 5.78 Å². The molecular formula is C15H20O7. The van der Waals surface area contributed by atoms with E-state index in [1.807, 2.05) is 30.3 Å². The molecule has 22 heavy (non-hydrogen) atoms. The average molecular weight is 312 g/mol. The van der Waals surface area contributed by atoms with Gasteiger partial charge in [-0.05, 0) is 5.56 Å². The number of ether oxygens (including phenoxy) is 2. The summed E-state index contributed by atoms with van der Waals surface area (Å²) < 4.78 is 10.3. The molecule has 0 aromatic heterocycles. The monoisotopic (exact) mass is 312 g/mol. The summed E-state index contributed by atoms with van der Waals surface area (Å²) in [5.41, 5.74) is 0.838. The van der Waals surface area contributed by atoms with Crippen LogP contribution in [0.1, 0.15) is 5.56 Å². The molecule has 1 aromatic rings. The highest BCUT2D eigenvalue weighted by atomic mass is 16.7. The molecule has 1 aliphatic heterocycles. The lowest BCUT2D eigenvalue weighted by atomic mass is 9.99. The lowest BCUT2D eigenvalue weighted by Crippen LogP contribution is -2.59. The maximum Gasteiger partial charge on any atom is 0.187 e. The van der Waals surface area contributed by atoms with Gasteiger partial charge in [-0.1, -0.05) is 30.3 Å². The van der Waals surface area contributed by atoms with Gasteiger partial charge in [0.15, 0.2) is 12.1 Å². The van der Waals surface area contributed by atoms with Gasteiger partial charge in [0.2, 0.25) is 0 Å². The van der Waals surface area contributed by atoms with Crippen LogP contribution in [0, 0.1) is 0 Å². The van der Waals surface area contributed by atoms with Gasteiger partial charge in [0.1, 0.15) is 31.0 Å². The third-order valence-electron chi connectivity index (χ3n) is 3.50. The van der Waals surface area contributed by atoms with Crippen LogP contribution < -0.4 is 0 Å². The molecule has 1 heterocycles. The van der Waals surface area contributed by atoms with E-state index < -0.39 is 37.3 Å². The summed E-state index contributed by atoms with van der Waals surface area (Å²) >= 11 is 0. The zero-order valence-electron chi connectivity index (χ0n) is 11.9. The van der Waals surface area contributed by atoms with Crippen LogP contribution in [-0.2, 0) is 20.7 Å². The molecule has 5 atom stereocenters. The fourth-order valence-electron chi connectivity index (χ4n) is 2.25. The SMILES string of the molecule is O=C(CO[C@@H]1O[C@H](CO)[C@@H](O)[C@H](O)[C@H]1O)Cc1ccccc1. The van der Waals surface area contributed by atoms with Crippen LogP contribution in [0.4, 0.5) is 0 Å². The second-order valence-electron chi connectivity index (χ2n) is 5.21. The average Bonchev–Trinajstić information content (AvgIpc) is 2.53. The summed E-state index contributed by atoms with van der Waals surface area (Å²) in [5.74, 6) is -0.219. The fourth-order valence-corrected chi connectivity index (χ4v) is 2.25. The molecule has 1 aromatic carbocycles. The van der Waals surface area contributed by atoms with E-state index in [-0.39, 0.29) is 18.8 Å². The Balaban J connectivity index is 1.86. The maximum atomic E-state index is 11.8. The summed E-state index contributed by atoms with van der Waals surface area (Å²) in [7, 11) is 0. The van der Waals surface area contributed by atoms with Gasteiger partial charge < -0.3 is 29.9 Å². The van der Waals surface area contributed by atoms with E-state index in [1.54, 1.807) is 0 Å². The molecule has 4 N–H and O–H groups in total. The molecule has 2 rings (SSSR count). The van der Waals surface area contributed by atoms with E-state index in [1.165, 1.54) is 0 Å². The maximum absolute atomic E-state index is 11.8. The Labute approximate surface area is 127 Å². The highest BCUT2D eigenvalue weighted by Gasteiger charge is 2.44. The van der Waals surface area contributed by atoms with Gasteiger partial charge in [0, 0.05) is 6.42 Å². The van der Waals surface area contributed by atoms with E-state index in [0.29, 0.717) is 0 Å². The van der Waals surface area contributed by atoms with Crippen LogP contribution in [0.25, 0.3) is 0 Å². The number of hydrogen-bond donors (Lipinski definition) is 4. The predicted molar refractivity (Wildman–Crippen MR) is 74.9 cm³/mol. The molecule has 0 saturated carbocycles. The van der Waals surface area contributed by atoms with Crippen LogP contribution in [-0.4, -0.2) is 70.1 Å². The molecule has 7 heteroatoms. The number of Topliss-reactive ketones (excluding diaryl/α,β-unsaturated/α-hetero) is 1. The smallest absolute Gasteiger partial charge is 0.187 e. The van der Waals surface area contributed by atoms with Gasteiger partial charge in [0.25, 0.3) is 0 Å². The molecule has 0 aliphatic carbocycles. The Bertz CT molecular complexity index is 476. The first-order valence-corrected chi connectivity index (χ1v) is 7.00. The van der Waals surface area contributed by atoms with Gasteiger partial charge in [-0.25, -0.2) is 0 Å². The Morgan fingerprint density at radius 3 is 2.41 bits per heavy atom. The van der Waals surface area contributed by atoms with Gasteiger partial charge in [-0.2, -0.15) is 0 Å². The molecule has 1 aliphatic rings. The first kappa shape index (κ1) is 17.0. The lowest BCUT2D eigenvalue weighted by molar-refractivity contribution is -0.299. The normalized spacial score (nSPS) is 31.9. The number of aliphatic hydroxyl groups is 4. The lowest BCUT2D eigenvalue weighted by Gasteiger charge is -2.39. The van der Waals surface area contributed by atoms with Crippen molar-refractivity contribution in [3.63, 3.8) is 0 Å². The standard InChI is InChI=1S/C15H20O7/c16-7-11-12(18)13(19)14(20)15(22-11)21-8-10(17)6-9-4-2-1-3-5-9/h1-5,11-16,18-20H,6-8H2/t11-,12-,13+,14-,15-/m1/s1. The molecule has 0 unspecified atom stereocenters.